The molecule has 0 radical (unpaired) electrons. The van der Waals surface area contributed by atoms with Crippen molar-refractivity contribution in [1.82, 2.24) is 0 Å². The number of hydrogen-bond acceptors (Lipinski definition) is 4. The summed E-state index contributed by atoms with van der Waals surface area (Å²) in [5.74, 6) is 2.13. The average Bonchev–Trinajstić information content (AvgIpc) is 2.84. The molecule has 2 aromatic rings. The number of ether oxygens (including phenoxy) is 3. The van der Waals surface area contributed by atoms with E-state index in [1.807, 2.05) is 24.3 Å². The Hall–Kier alpha value is -2.75. The number of hydrogen-bond donors (Lipinski definition) is 0. The molecule has 1 heterocycles. The Bertz CT molecular complexity index is 714. The molecule has 2 aromatic carbocycles. The minimum absolute atomic E-state index is 0.139. The van der Waals surface area contributed by atoms with Crippen molar-refractivity contribution in [3.8, 4) is 17.2 Å². The van der Waals surface area contributed by atoms with E-state index in [1.54, 1.807) is 38.5 Å². The Labute approximate surface area is 122 Å². The largest absolute Gasteiger partial charge is 0.497 e. The number of carbonyl (C=O) groups is 1. The number of allylic oxidation sites excluding steroid dienone is 1. The van der Waals surface area contributed by atoms with Gasteiger partial charge in [0, 0.05) is 0 Å². The van der Waals surface area contributed by atoms with Crippen LogP contribution in [0.5, 0.6) is 17.2 Å². The number of carbonyl (C=O) groups excluding carboxylic acids is 1. The monoisotopic (exact) mass is 282 g/mol. The Morgan fingerprint density at radius 2 is 1.62 bits per heavy atom. The fourth-order valence-electron chi connectivity index (χ4n) is 2.15. The zero-order chi connectivity index (χ0) is 14.8. The third-order valence-electron chi connectivity index (χ3n) is 3.29. The maximum Gasteiger partial charge on any atom is 0.232 e. The summed E-state index contributed by atoms with van der Waals surface area (Å²) >= 11 is 0. The van der Waals surface area contributed by atoms with Gasteiger partial charge in [0.1, 0.15) is 17.2 Å². The molecule has 4 nitrogen and oxygen atoms in total. The van der Waals surface area contributed by atoms with E-state index in [9.17, 15) is 4.79 Å². The van der Waals surface area contributed by atoms with Crippen molar-refractivity contribution in [3.63, 3.8) is 0 Å². The second-order valence-electron chi connectivity index (χ2n) is 4.58. The van der Waals surface area contributed by atoms with Crippen LogP contribution in [0.3, 0.4) is 0 Å². The van der Waals surface area contributed by atoms with Gasteiger partial charge in [-0.2, -0.15) is 0 Å². The molecule has 0 aromatic heterocycles. The molecule has 0 N–H and O–H groups in total. The predicted molar refractivity (Wildman–Crippen MR) is 78.9 cm³/mol. The summed E-state index contributed by atoms with van der Waals surface area (Å²) < 4.78 is 15.8. The molecule has 1 aliphatic rings. The van der Waals surface area contributed by atoms with E-state index < -0.39 is 0 Å². The zero-order valence-electron chi connectivity index (χ0n) is 11.8. The summed E-state index contributed by atoms with van der Waals surface area (Å²) in [6, 6.07) is 12.6. The molecule has 0 fully saturated rings. The van der Waals surface area contributed by atoms with Crippen molar-refractivity contribution in [3.05, 3.63) is 59.4 Å². The lowest BCUT2D eigenvalue weighted by atomic mass is 10.1. The van der Waals surface area contributed by atoms with Gasteiger partial charge in [-0.05, 0) is 42.0 Å². The first kappa shape index (κ1) is 13.2. The Morgan fingerprint density at radius 1 is 0.952 bits per heavy atom. The third kappa shape index (κ3) is 2.48. The molecule has 0 unspecified atom stereocenters. The maximum atomic E-state index is 12.3. The van der Waals surface area contributed by atoms with E-state index >= 15 is 0 Å². The van der Waals surface area contributed by atoms with Gasteiger partial charge >= 0.3 is 0 Å². The predicted octanol–water partition coefficient (Wildman–Crippen LogP) is 3.32. The molecular formula is C17H14O4. The number of rotatable bonds is 3. The number of ketones is 1. The highest BCUT2D eigenvalue weighted by Gasteiger charge is 2.27. The highest BCUT2D eigenvalue weighted by molar-refractivity contribution is 6.14. The number of fused-ring (bicyclic) bond motifs is 1. The molecule has 1 aliphatic heterocycles. The molecule has 0 amide bonds. The van der Waals surface area contributed by atoms with Crippen LogP contribution < -0.4 is 14.2 Å². The van der Waals surface area contributed by atoms with Crippen LogP contribution in [-0.2, 0) is 0 Å². The standard InChI is InChI=1S/C17H14O4/c1-19-12-5-3-11(4-6-12)9-16-17(18)14-10-13(20-2)7-8-15(14)21-16/h3-10H,1-2H3/b16-9+. The van der Waals surface area contributed by atoms with Crippen LogP contribution in [0.2, 0.25) is 0 Å². The van der Waals surface area contributed by atoms with Crippen LogP contribution in [0.15, 0.2) is 48.2 Å². The normalized spacial score (nSPS) is 14.8. The molecule has 4 heteroatoms. The third-order valence-corrected chi connectivity index (χ3v) is 3.29. The summed E-state index contributed by atoms with van der Waals surface area (Å²) in [6.45, 7) is 0. The van der Waals surface area contributed by atoms with E-state index in [0.29, 0.717) is 22.8 Å². The zero-order valence-corrected chi connectivity index (χ0v) is 11.8. The van der Waals surface area contributed by atoms with Crippen LogP contribution in [0.25, 0.3) is 6.08 Å². The number of Topliss-reactive ketones (excluding diaryl/α,β-unsaturated/α-hetero) is 1. The highest BCUT2D eigenvalue weighted by Crippen LogP contribution is 2.34. The van der Waals surface area contributed by atoms with Crippen LogP contribution in [0, 0.1) is 0 Å². The SMILES string of the molecule is COc1ccc(/C=C2/Oc3ccc(OC)cc3C2=O)cc1. The summed E-state index contributed by atoms with van der Waals surface area (Å²) in [7, 11) is 3.18. The first-order chi connectivity index (χ1) is 10.2. The van der Waals surface area contributed by atoms with Crippen molar-refractivity contribution >= 4 is 11.9 Å². The van der Waals surface area contributed by atoms with E-state index in [4.69, 9.17) is 14.2 Å². The van der Waals surface area contributed by atoms with Gasteiger partial charge in [-0.3, -0.25) is 4.79 Å². The Kier molecular flexibility index (Phi) is 3.36. The van der Waals surface area contributed by atoms with Crippen LogP contribution in [0.1, 0.15) is 15.9 Å². The average molecular weight is 282 g/mol. The van der Waals surface area contributed by atoms with Crippen LogP contribution in [-0.4, -0.2) is 20.0 Å². The van der Waals surface area contributed by atoms with Gasteiger partial charge in [-0.1, -0.05) is 12.1 Å². The second-order valence-corrected chi connectivity index (χ2v) is 4.58. The lowest BCUT2D eigenvalue weighted by Gasteiger charge is -2.01. The van der Waals surface area contributed by atoms with Crippen molar-refractivity contribution in [1.29, 1.82) is 0 Å². The lowest BCUT2D eigenvalue weighted by Crippen LogP contribution is -1.98. The fourth-order valence-corrected chi connectivity index (χ4v) is 2.15. The summed E-state index contributed by atoms with van der Waals surface area (Å²) in [5.41, 5.74) is 1.40. The van der Waals surface area contributed by atoms with Gasteiger partial charge in [0.05, 0.1) is 19.8 Å². The molecular weight excluding hydrogens is 268 g/mol. The quantitative estimate of drug-likeness (QED) is 0.810. The van der Waals surface area contributed by atoms with E-state index in [0.717, 1.165) is 11.3 Å². The van der Waals surface area contributed by atoms with E-state index in [1.165, 1.54) is 0 Å². The van der Waals surface area contributed by atoms with Crippen molar-refractivity contribution in [2.75, 3.05) is 14.2 Å². The first-order valence-corrected chi connectivity index (χ1v) is 6.47. The smallest absolute Gasteiger partial charge is 0.232 e. The molecule has 21 heavy (non-hydrogen) atoms. The molecule has 106 valence electrons. The topological polar surface area (TPSA) is 44.8 Å². The van der Waals surface area contributed by atoms with Crippen molar-refractivity contribution < 1.29 is 19.0 Å². The Morgan fingerprint density at radius 3 is 2.29 bits per heavy atom. The van der Waals surface area contributed by atoms with Crippen LogP contribution >= 0.6 is 0 Å². The van der Waals surface area contributed by atoms with Gasteiger partial charge in [0.25, 0.3) is 0 Å². The summed E-state index contributed by atoms with van der Waals surface area (Å²) in [6.07, 6.45) is 1.72. The molecule has 0 saturated heterocycles. The highest BCUT2D eigenvalue weighted by atomic mass is 16.5. The Balaban J connectivity index is 1.91. The van der Waals surface area contributed by atoms with Gasteiger partial charge in [-0.25, -0.2) is 0 Å². The van der Waals surface area contributed by atoms with Crippen LogP contribution in [0.4, 0.5) is 0 Å². The second kappa shape index (κ2) is 5.32. The van der Waals surface area contributed by atoms with Crippen molar-refractivity contribution in [2.45, 2.75) is 0 Å². The number of methoxy groups -OCH3 is 2. The molecule has 0 bridgehead atoms. The maximum absolute atomic E-state index is 12.3. The summed E-state index contributed by atoms with van der Waals surface area (Å²) in [4.78, 5) is 12.3. The van der Waals surface area contributed by atoms with Gasteiger partial charge in [0.15, 0.2) is 5.76 Å². The minimum Gasteiger partial charge on any atom is -0.497 e. The van der Waals surface area contributed by atoms with E-state index in [2.05, 4.69) is 0 Å². The lowest BCUT2D eigenvalue weighted by molar-refractivity contribution is 0.101. The molecule has 0 spiro atoms. The van der Waals surface area contributed by atoms with Gasteiger partial charge in [0.2, 0.25) is 5.78 Å². The minimum atomic E-state index is -0.139. The van der Waals surface area contributed by atoms with Gasteiger partial charge in [-0.15, -0.1) is 0 Å². The van der Waals surface area contributed by atoms with Gasteiger partial charge < -0.3 is 14.2 Å². The molecule has 0 atom stereocenters. The number of benzene rings is 2. The molecule has 0 aliphatic carbocycles. The molecule has 0 saturated carbocycles. The van der Waals surface area contributed by atoms with Crippen molar-refractivity contribution in [2.24, 2.45) is 0 Å². The fraction of sp³-hybridized carbons (Fsp3) is 0.118. The first-order valence-electron chi connectivity index (χ1n) is 6.47. The summed E-state index contributed by atoms with van der Waals surface area (Å²) in [5, 5.41) is 0. The molecule has 3 rings (SSSR count). The van der Waals surface area contributed by atoms with E-state index in [-0.39, 0.29) is 5.78 Å².